The quantitative estimate of drug-likeness (QED) is 0.244. The fourth-order valence-corrected chi connectivity index (χ4v) is 3.31. The number of aromatic carboxylic acids is 1. The van der Waals surface area contributed by atoms with Gasteiger partial charge in [-0.05, 0) is 66.7 Å². The third-order valence-electron chi connectivity index (χ3n) is 4.24. The van der Waals surface area contributed by atoms with Crippen molar-refractivity contribution in [2.45, 2.75) is 6.36 Å². The second kappa shape index (κ2) is 10.5. The summed E-state index contributed by atoms with van der Waals surface area (Å²) >= 11 is 12.0. The van der Waals surface area contributed by atoms with Gasteiger partial charge in [-0.15, -0.1) is 13.2 Å². The first-order valence-electron chi connectivity index (χ1n) is 9.48. The SMILES string of the molecule is N=C(/C=C(\Nc1ccc(OC(F)(F)F)cc1)Nc1ccc(C(=O)O)cc1)c1cc(Cl)cc(Cl)c1. The van der Waals surface area contributed by atoms with E-state index in [0.717, 1.165) is 12.1 Å². The van der Waals surface area contributed by atoms with Crippen molar-refractivity contribution in [2.75, 3.05) is 10.6 Å². The molecule has 3 rings (SSSR count). The van der Waals surface area contributed by atoms with E-state index in [9.17, 15) is 18.0 Å². The number of ether oxygens (including phenoxy) is 1. The molecule has 0 aliphatic heterocycles. The highest BCUT2D eigenvalue weighted by Crippen LogP contribution is 2.25. The second-order valence-corrected chi connectivity index (χ2v) is 7.71. The molecule has 0 saturated heterocycles. The van der Waals surface area contributed by atoms with Gasteiger partial charge >= 0.3 is 12.3 Å². The number of carbonyl (C=O) groups is 1. The minimum atomic E-state index is -4.81. The van der Waals surface area contributed by atoms with Gasteiger partial charge in [0.1, 0.15) is 11.6 Å². The number of carboxylic acid groups (broad SMARTS) is 1. The average molecular weight is 510 g/mol. The summed E-state index contributed by atoms with van der Waals surface area (Å²) < 4.78 is 41.1. The Bertz CT molecular complexity index is 1210. The lowest BCUT2D eigenvalue weighted by molar-refractivity contribution is -0.274. The Balaban J connectivity index is 1.88. The van der Waals surface area contributed by atoms with E-state index in [2.05, 4.69) is 15.4 Å². The van der Waals surface area contributed by atoms with Gasteiger partial charge in [0.25, 0.3) is 0 Å². The van der Waals surface area contributed by atoms with Gasteiger partial charge in [-0.25, -0.2) is 4.79 Å². The Morgan fingerprint density at radius 3 is 1.85 bits per heavy atom. The molecule has 0 aliphatic carbocycles. The number of hydrogen-bond acceptors (Lipinski definition) is 5. The molecule has 0 atom stereocenters. The molecule has 0 amide bonds. The lowest BCUT2D eigenvalue weighted by Crippen LogP contribution is -2.17. The van der Waals surface area contributed by atoms with Crippen molar-refractivity contribution in [3.63, 3.8) is 0 Å². The van der Waals surface area contributed by atoms with Crippen LogP contribution >= 0.6 is 23.2 Å². The molecule has 0 heterocycles. The van der Waals surface area contributed by atoms with Gasteiger partial charge in [0.15, 0.2) is 0 Å². The molecule has 0 fully saturated rings. The first kappa shape index (κ1) is 24.9. The van der Waals surface area contributed by atoms with Crippen LogP contribution in [0.5, 0.6) is 5.75 Å². The normalized spacial score (nSPS) is 11.6. The number of halogens is 5. The van der Waals surface area contributed by atoms with Gasteiger partial charge in [-0.1, -0.05) is 23.2 Å². The molecule has 0 radical (unpaired) electrons. The standard InChI is InChI=1S/C23H16Cl2F3N3O3/c24-15-9-14(10-16(25)11-15)20(29)12-21(30-17-3-1-13(2-4-17)22(32)33)31-18-5-7-19(8-6-18)34-23(26,27)28/h1-12,29-31H,(H,32,33)/b21-12-,29-20?. The zero-order valence-electron chi connectivity index (χ0n) is 17.1. The number of hydrogen-bond donors (Lipinski definition) is 4. The predicted molar refractivity (Wildman–Crippen MR) is 125 cm³/mol. The number of carboxylic acids is 1. The predicted octanol–water partition coefficient (Wildman–Crippen LogP) is 7.02. The number of anilines is 2. The molecule has 3 aromatic carbocycles. The van der Waals surface area contributed by atoms with E-state index in [1.165, 1.54) is 48.5 Å². The Labute approximate surface area is 202 Å². The summed E-state index contributed by atoms with van der Waals surface area (Å²) in [5.74, 6) is -1.20. The maximum Gasteiger partial charge on any atom is 0.573 e. The zero-order valence-corrected chi connectivity index (χ0v) is 18.6. The summed E-state index contributed by atoms with van der Waals surface area (Å²) in [6.45, 7) is 0. The molecule has 11 heteroatoms. The van der Waals surface area contributed by atoms with Crippen LogP contribution in [-0.4, -0.2) is 23.1 Å². The molecule has 0 aliphatic rings. The Morgan fingerprint density at radius 1 is 0.882 bits per heavy atom. The van der Waals surface area contributed by atoms with Crippen LogP contribution in [-0.2, 0) is 0 Å². The summed E-state index contributed by atoms with van der Waals surface area (Å²) in [7, 11) is 0. The van der Waals surface area contributed by atoms with E-state index in [0.29, 0.717) is 27.0 Å². The van der Waals surface area contributed by atoms with Crippen LogP contribution in [0.1, 0.15) is 15.9 Å². The first-order valence-corrected chi connectivity index (χ1v) is 10.2. The molecule has 0 saturated carbocycles. The van der Waals surface area contributed by atoms with Gasteiger partial charge < -0.3 is 25.9 Å². The van der Waals surface area contributed by atoms with Gasteiger partial charge in [-0.2, -0.15) is 0 Å². The minimum absolute atomic E-state index is 0.0265. The van der Waals surface area contributed by atoms with Gasteiger partial charge in [0.2, 0.25) is 0 Å². The van der Waals surface area contributed by atoms with E-state index in [-0.39, 0.29) is 22.8 Å². The zero-order chi connectivity index (χ0) is 24.9. The largest absolute Gasteiger partial charge is 0.573 e. The highest BCUT2D eigenvalue weighted by Gasteiger charge is 2.30. The maximum absolute atomic E-state index is 12.4. The Morgan fingerprint density at radius 2 is 1.38 bits per heavy atom. The van der Waals surface area contributed by atoms with E-state index in [4.69, 9.17) is 33.7 Å². The van der Waals surface area contributed by atoms with Crippen molar-refractivity contribution in [3.8, 4) is 5.75 Å². The second-order valence-electron chi connectivity index (χ2n) is 6.83. The number of benzene rings is 3. The fraction of sp³-hybridized carbons (Fsp3) is 0.0435. The summed E-state index contributed by atoms with van der Waals surface area (Å²) in [6.07, 6.45) is -3.38. The van der Waals surface area contributed by atoms with Crippen LogP contribution < -0.4 is 15.4 Å². The monoisotopic (exact) mass is 509 g/mol. The summed E-state index contributed by atoms with van der Waals surface area (Å²) in [4.78, 5) is 11.1. The molecule has 3 aromatic rings. The van der Waals surface area contributed by atoms with Crippen molar-refractivity contribution < 1.29 is 27.8 Å². The van der Waals surface area contributed by atoms with Crippen LogP contribution in [0.3, 0.4) is 0 Å². The van der Waals surface area contributed by atoms with E-state index in [1.54, 1.807) is 12.1 Å². The molecule has 4 N–H and O–H groups in total. The lowest BCUT2D eigenvalue weighted by Gasteiger charge is -2.15. The molecule has 6 nitrogen and oxygen atoms in total. The summed E-state index contributed by atoms with van der Waals surface area (Å²) in [5, 5.41) is 24.1. The van der Waals surface area contributed by atoms with Gasteiger partial charge in [0, 0.05) is 33.1 Å². The molecule has 176 valence electrons. The average Bonchev–Trinajstić information content (AvgIpc) is 2.73. The maximum atomic E-state index is 12.4. The molecule has 0 spiro atoms. The fourth-order valence-electron chi connectivity index (χ4n) is 2.79. The third-order valence-corrected chi connectivity index (χ3v) is 4.68. The Hall–Kier alpha value is -3.69. The molecule has 34 heavy (non-hydrogen) atoms. The van der Waals surface area contributed by atoms with Crippen LogP contribution in [0.4, 0.5) is 24.5 Å². The van der Waals surface area contributed by atoms with Gasteiger partial charge in [0.05, 0.1) is 11.3 Å². The first-order chi connectivity index (χ1) is 16.0. The van der Waals surface area contributed by atoms with Crippen molar-refractivity contribution in [1.82, 2.24) is 0 Å². The van der Waals surface area contributed by atoms with Crippen LogP contribution in [0.2, 0.25) is 10.0 Å². The van der Waals surface area contributed by atoms with E-state index < -0.39 is 12.3 Å². The van der Waals surface area contributed by atoms with Crippen molar-refractivity contribution in [3.05, 3.63) is 99.8 Å². The van der Waals surface area contributed by atoms with E-state index >= 15 is 0 Å². The molecular weight excluding hydrogens is 494 g/mol. The Kier molecular flexibility index (Phi) is 7.70. The summed E-state index contributed by atoms with van der Waals surface area (Å²) in [6, 6.07) is 15.5. The minimum Gasteiger partial charge on any atom is -0.478 e. The van der Waals surface area contributed by atoms with Crippen LogP contribution in [0, 0.1) is 5.41 Å². The van der Waals surface area contributed by atoms with Crippen molar-refractivity contribution in [1.29, 1.82) is 5.41 Å². The van der Waals surface area contributed by atoms with Crippen LogP contribution in [0.25, 0.3) is 0 Å². The van der Waals surface area contributed by atoms with Gasteiger partial charge in [-0.3, -0.25) is 0 Å². The van der Waals surface area contributed by atoms with Crippen LogP contribution in [0.15, 0.2) is 78.6 Å². The summed E-state index contributed by atoms with van der Waals surface area (Å²) in [5.41, 5.74) is 1.43. The topological polar surface area (TPSA) is 94.4 Å². The van der Waals surface area contributed by atoms with Crippen molar-refractivity contribution in [2.24, 2.45) is 0 Å². The smallest absolute Gasteiger partial charge is 0.478 e. The number of alkyl halides is 3. The highest BCUT2D eigenvalue weighted by atomic mass is 35.5. The third kappa shape index (κ3) is 7.43. The number of nitrogens with one attached hydrogen (secondary N) is 3. The highest BCUT2D eigenvalue weighted by molar-refractivity contribution is 6.35. The van der Waals surface area contributed by atoms with E-state index in [1.807, 2.05) is 0 Å². The molecule has 0 aromatic heterocycles. The molecule has 0 bridgehead atoms. The number of allylic oxidation sites excluding steroid dienone is 1. The number of rotatable bonds is 8. The molecule has 0 unspecified atom stereocenters. The van der Waals surface area contributed by atoms with Crippen molar-refractivity contribution >= 4 is 46.3 Å². The molecular formula is C23H16Cl2F3N3O3. The lowest BCUT2D eigenvalue weighted by atomic mass is 10.1.